The zero-order chi connectivity index (χ0) is 20.9. The van der Waals surface area contributed by atoms with Gasteiger partial charge in [0.2, 0.25) is 15.9 Å². The number of hydrogen-bond donors (Lipinski definition) is 1. The maximum Gasteiger partial charge on any atom is 0.244 e. The predicted octanol–water partition coefficient (Wildman–Crippen LogP) is 3.52. The Bertz CT molecular complexity index is 947. The fourth-order valence-corrected chi connectivity index (χ4v) is 4.37. The van der Waals surface area contributed by atoms with Crippen LogP contribution in [-0.4, -0.2) is 33.7 Å². The van der Waals surface area contributed by atoms with Crippen LogP contribution in [0.25, 0.3) is 0 Å². The van der Waals surface area contributed by atoms with Gasteiger partial charge in [-0.05, 0) is 37.1 Å². The number of carbonyl (C=O) groups excluding carboxylic acids is 1. The lowest BCUT2D eigenvalue weighted by Gasteiger charge is -2.31. The molecule has 0 aliphatic carbocycles. The van der Waals surface area contributed by atoms with Crippen LogP contribution in [0, 0.1) is 6.92 Å². The lowest BCUT2D eigenvalue weighted by atomic mass is 10.1. The molecule has 0 radical (unpaired) electrons. The van der Waals surface area contributed by atoms with Gasteiger partial charge in [-0.3, -0.25) is 9.10 Å². The van der Waals surface area contributed by atoms with E-state index in [-0.39, 0.29) is 12.1 Å². The molecule has 8 heteroatoms. The van der Waals surface area contributed by atoms with E-state index in [4.69, 9.17) is 16.3 Å². The van der Waals surface area contributed by atoms with Crippen molar-refractivity contribution in [1.82, 2.24) is 5.32 Å². The Labute approximate surface area is 171 Å². The van der Waals surface area contributed by atoms with Crippen LogP contribution in [0.5, 0.6) is 5.75 Å². The summed E-state index contributed by atoms with van der Waals surface area (Å²) in [6, 6.07) is 11.5. The quantitative estimate of drug-likeness (QED) is 0.703. The van der Waals surface area contributed by atoms with Crippen molar-refractivity contribution in [2.24, 2.45) is 0 Å². The molecule has 6 nitrogen and oxygen atoms in total. The van der Waals surface area contributed by atoms with Crippen LogP contribution in [-0.2, 0) is 21.4 Å². The molecule has 0 heterocycles. The number of ether oxygens (including phenoxy) is 1. The van der Waals surface area contributed by atoms with E-state index in [0.29, 0.717) is 17.3 Å². The highest BCUT2D eigenvalue weighted by molar-refractivity contribution is 7.92. The van der Waals surface area contributed by atoms with Crippen molar-refractivity contribution in [2.45, 2.75) is 32.9 Å². The van der Waals surface area contributed by atoms with Crippen molar-refractivity contribution >= 4 is 33.2 Å². The molecule has 1 atom stereocenters. The standard InChI is InChI=1S/C20H25ClN2O4S/c1-5-17(20(24)22-13-15-8-6-7-14(2)11-15)23(28(4,25)26)18-12-16(21)9-10-19(18)27-3/h6-12,17H,5,13H2,1-4H3,(H,22,24)/t17-/m1/s1. The number of benzene rings is 2. The van der Waals surface area contributed by atoms with Gasteiger partial charge in [-0.2, -0.15) is 0 Å². The molecule has 0 fully saturated rings. The summed E-state index contributed by atoms with van der Waals surface area (Å²) in [7, 11) is -2.34. The molecule has 0 aliphatic rings. The van der Waals surface area contributed by atoms with Crippen LogP contribution in [0.4, 0.5) is 5.69 Å². The third-order valence-corrected chi connectivity index (χ3v) is 5.66. The molecule has 0 bridgehead atoms. The van der Waals surface area contributed by atoms with Crippen molar-refractivity contribution in [2.75, 3.05) is 17.7 Å². The lowest BCUT2D eigenvalue weighted by molar-refractivity contribution is -0.122. The predicted molar refractivity (Wildman–Crippen MR) is 112 cm³/mol. The van der Waals surface area contributed by atoms with Crippen molar-refractivity contribution in [3.63, 3.8) is 0 Å². The Balaban J connectivity index is 2.35. The number of nitrogens with zero attached hydrogens (tertiary/aromatic N) is 1. The van der Waals surface area contributed by atoms with Gasteiger partial charge in [0, 0.05) is 11.6 Å². The first-order valence-electron chi connectivity index (χ1n) is 8.83. The van der Waals surface area contributed by atoms with Gasteiger partial charge in [-0.25, -0.2) is 8.42 Å². The molecule has 0 unspecified atom stereocenters. The van der Waals surface area contributed by atoms with Crippen LogP contribution < -0.4 is 14.4 Å². The molecule has 152 valence electrons. The van der Waals surface area contributed by atoms with Crippen LogP contribution >= 0.6 is 11.6 Å². The third-order valence-electron chi connectivity index (χ3n) is 4.26. The maximum atomic E-state index is 12.9. The number of anilines is 1. The molecule has 28 heavy (non-hydrogen) atoms. The number of aryl methyl sites for hydroxylation is 1. The number of halogens is 1. The van der Waals surface area contributed by atoms with Crippen molar-refractivity contribution in [3.05, 3.63) is 58.6 Å². The Morgan fingerprint density at radius 2 is 1.96 bits per heavy atom. The van der Waals surface area contributed by atoms with E-state index in [0.717, 1.165) is 21.7 Å². The van der Waals surface area contributed by atoms with Crippen LogP contribution in [0.1, 0.15) is 24.5 Å². The molecule has 0 aromatic heterocycles. The number of methoxy groups -OCH3 is 1. The molecule has 0 saturated heterocycles. The van der Waals surface area contributed by atoms with E-state index in [1.807, 2.05) is 31.2 Å². The summed E-state index contributed by atoms with van der Waals surface area (Å²) >= 11 is 6.07. The molecule has 0 aliphatic heterocycles. The zero-order valence-electron chi connectivity index (χ0n) is 16.4. The number of sulfonamides is 1. The zero-order valence-corrected chi connectivity index (χ0v) is 18.0. The highest BCUT2D eigenvalue weighted by Crippen LogP contribution is 2.34. The molecule has 2 rings (SSSR count). The highest BCUT2D eigenvalue weighted by Gasteiger charge is 2.33. The van der Waals surface area contributed by atoms with Crippen LogP contribution in [0.2, 0.25) is 5.02 Å². The summed E-state index contributed by atoms with van der Waals surface area (Å²) in [4.78, 5) is 12.9. The van der Waals surface area contributed by atoms with Gasteiger partial charge in [0.15, 0.2) is 0 Å². The van der Waals surface area contributed by atoms with Gasteiger partial charge in [0.05, 0.1) is 19.1 Å². The van der Waals surface area contributed by atoms with E-state index >= 15 is 0 Å². The van der Waals surface area contributed by atoms with Gasteiger partial charge in [-0.1, -0.05) is 48.4 Å². The molecule has 1 N–H and O–H groups in total. The van der Waals surface area contributed by atoms with Crippen LogP contribution in [0.15, 0.2) is 42.5 Å². The summed E-state index contributed by atoms with van der Waals surface area (Å²) in [5.41, 5.74) is 2.25. The van der Waals surface area contributed by atoms with E-state index < -0.39 is 22.0 Å². The van der Waals surface area contributed by atoms with Gasteiger partial charge >= 0.3 is 0 Å². The molecule has 1 amide bonds. The van der Waals surface area contributed by atoms with E-state index in [1.165, 1.54) is 13.2 Å². The van der Waals surface area contributed by atoms with Gasteiger partial charge < -0.3 is 10.1 Å². The maximum absolute atomic E-state index is 12.9. The first-order chi connectivity index (χ1) is 13.2. The Morgan fingerprint density at radius 1 is 1.25 bits per heavy atom. The SMILES string of the molecule is CC[C@H](C(=O)NCc1cccc(C)c1)N(c1cc(Cl)ccc1OC)S(C)(=O)=O. The molecule has 2 aromatic rings. The topological polar surface area (TPSA) is 75.7 Å². The number of hydrogen-bond acceptors (Lipinski definition) is 4. The average Bonchev–Trinajstić information content (AvgIpc) is 2.63. The summed E-state index contributed by atoms with van der Waals surface area (Å²) in [6.07, 6.45) is 1.34. The highest BCUT2D eigenvalue weighted by atomic mass is 35.5. The monoisotopic (exact) mass is 424 g/mol. The number of amides is 1. The average molecular weight is 425 g/mol. The molecule has 0 spiro atoms. The molecular formula is C20H25ClN2O4S. The van der Waals surface area contributed by atoms with E-state index in [2.05, 4.69) is 5.32 Å². The van der Waals surface area contributed by atoms with Gasteiger partial charge in [-0.15, -0.1) is 0 Å². The summed E-state index contributed by atoms with van der Waals surface area (Å²) < 4.78 is 31.5. The Morgan fingerprint density at radius 3 is 2.54 bits per heavy atom. The lowest BCUT2D eigenvalue weighted by Crippen LogP contribution is -2.49. The first kappa shape index (κ1) is 22.0. The summed E-state index contributed by atoms with van der Waals surface area (Å²) in [6.45, 7) is 4.03. The normalized spacial score (nSPS) is 12.3. The number of nitrogens with one attached hydrogen (secondary N) is 1. The second kappa shape index (κ2) is 9.30. The second-order valence-electron chi connectivity index (χ2n) is 6.51. The largest absolute Gasteiger partial charge is 0.495 e. The second-order valence-corrected chi connectivity index (χ2v) is 8.80. The first-order valence-corrected chi connectivity index (χ1v) is 11.1. The minimum atomic E-state index is -3.78. The fraction of sp³-hybridized carbons (Fsp3) is 0.350. The number of carbonyl (C=O) groups is 1. The van der Waals surface area contributed by atoms with Crippen molar-refractivity contribution in [3.8, 4) is 5.75 Å². The van der Waals surface area contributed by atoms with E-state index in [9.17, 15) is 13.2 Å². The molecular weight excluding hydrogens is 400 g/mol. The number of rotatable bonds is 8. The Kier molecular flexibility index (Phi) is 7.32. The summed E-state index contributed by atoms with van der Waals surface area (Å²) in [5.74, 6) is -0.0729. The Hall–Kier alpha value is -2.25. The summed E-state index contributed by atoms with van der Waals surface area (Å²) in [5, 5.41) is 3.18. The van der Waals surface area contributed by atoms with Crippen LogP contribution in [0.3, 0.4) is 0 Å². The molecule has 2 aromatic carbocycles. The third kappa shape index (κ3) is 5.39. The minimum Gasteiger partial charge on any atom is -0.495 e. The fourth-order valence-electron chi connectivity index (χ4n) is 3.00. The van der Waals surface area contributed by atoms with Crippen molar-refractivity contribution < 1.29 is 17.9 Å². The smallest absolute Gasteiger partial charge is 0.244 e. The molecule has 0 saturated carbocycles. The van der Waals surface area contributed by atoms with E-state index in [1.54, 1.807) is 19.1 Å². The van der Waals surface area contributed by atoms with Crippen molar-refractivity contribution in [1.29, 1.82) is 0 Å². The van der Waals surface area contributed by atoms with Gasteiger partial charge in [0.1, 0.15) is 11.8 Å². The minimum absolute atomic E-state index is 0.232. The van der Waals surface area contributed by atoms with Gasteiger partial charge in [0.25, 0.3) is 0 Å².